The van der Waals surface area contributed by atoms with Crippen molar-refractivity contribution in [2.75, 3.05) is 12.8 Å². The third-order valence-corrected chi connectivity index (χ3v) is 3.05. The molecule has 1 heterocycles. The number of anilines is 1. The molecule has 0 amide bonds. The highest BCUT2D eigenvalue weighted by Crippen LogP contribution is 2.28. The second-order valence-corrected chi connectivity index (χ2v) is 4.30. The van der Waals surface area contributed by atoms with Gasteiger partial charge in [-0.1, -0.05) is 19.1 Å². The van der Waals surface area contributed by atoms with E-state index in [0.29, 0.717) is 5.82 Å². The fraction of sp³-hybridized carbons (Fsp3) is 0.357. The molecule has 0 saturated carbocycles. The average Bonchev–Trinajstić information content (AvgIpc) is 2.68. The Balaban J connectivity index is 2.46. The molecule has 0 aliphatic carbocycles. The molecule has 0 fully saturated rings. The number of aryl methyl sites for hydroxylation is 1. The topological polar surface area (TPSA) is 53.1 Å². The standard InChI is InChI=1S/C14H19N3O/c1-4-6-12-16-13(14(15)17(12)2)10-7-5-8-11(9-10)18-3/h5,7-9H,4,6,15H2,1-3H3. The minimum atomic E-state index is 0.701. The zero-order valence-electron chi connectivity index (χ0n) is 11.1. The summed E-state index contributed by atoms with van der Waals surface area (Å²) in [6.07, 6.45) is 1.99. The van der Waals surface area contributed by atoms with Crippen molar-refractivity contribution in [1.29, 1.82) is 0 Å². The van der Waals surface area contributed by atoms with Crippen LogP contribution in [0.2, 0.25) is 0 Å². The normalized spacial score (nSPS) is 10.6. The first kappa shape index (κ1) is 12.5. The highest BCUT2D eigenvalue weighted by atomic mass is 16.5. The first-order valence-corrected chi connectivity index (χ1v) is 6.12. The summed E-state index contributed by atoms with van der Waals surface area (Å²) in [6.45, 7) is 2.14. The van der Waals surface area contributed by atoms with E-state index in [-0.39, 0.29) is 0 Å². The highest BCUT2D eigenvalue weighted by molar-refractivity contribution is 5.72. The molecule has 0 unspecified atom stereocenters. The van der Waals surface area contributed by atoms with E-state index < -0.39 is 0 Å². The summed E-state index contributed by atoms with van der Waals surface area (Å²) in [5.41, 5.74) is 7.94. The molecular weight excluding hydrogens is 226 g/mol. The summed E-state index contributed by atoms with van der Waals surface area (Å²) in [7, 11) is 3.61. The van der Waals surface area contributed by atoms with Gasteiger partial charge in [0.25, 0.3) is 0 Å². The van der Waals surface area contributed by atoms with Crippen LogP contribution in [0, 0.1) is 0 Å². The predicted octanol–water partition coefficient (Wildman–Crippen LogP) is 2.63. The molecule has 0 aliphatic rings. The van der Waals surface area contributed by atoms with Crippen LogP contribution < -0.4 is 10.5 Å². The summed E-state index contributed by atoms with van der Waals surface area (Å²) >= 11 is 0. The zero-order chi connectivity index (χ0) is 13.1. The lowest BCUT2D eigenvalue weighted by Crippen LogP contribution is -2.01. The first-order valence-electron chi connectivity index (χ1n) is 6.12. The van der Waals surface area contributed by atoms with Crippen LogP contribution in [0.3, 0.4) is 0 Å². The molecule has 0 radical (unpaired) electrons. The monoisotopic (exact) mass is 245 g/mol. The van der Waals surface area contributed by atoms with Gasteiger partial charge in [-0.3, -0.25) is 0 Å². The van der Waals surface area contributed by atoms with Gasteiger partial charge in [-0.05, 0) is 18.6 Å². The minimum absolute atomic E-state index is 0.701. The summed E-state index contributed by atoms with van der Waals surface area (Å²) < 4.78 is 7.18. The second kappa shape index (κ2) is 5.12. The van der Waals surface area contributed by atoms with Gasteiger partial charge < -0.3 is 15.0 Å². The molecule has 0 atom stereocenters. The molecule has 2 rings (SSSR count). The van der Waals surface area contributed by atoms with E-state index in [1.807, 2.05) is 35.9 Å². The lowest BCUT2D eigenvalue weighted by molar-refractivity contribution is 0.415. The summed E-state index contributed by atoms with van der Waals surface area (Å²) in [6, 6.07) is 7.81. The molecule has 4 nitrogen and oxygen atoms in total. The molecule has 2 aromatic rings. The van der Waals surface area contributed by atoms with E-state index in [4.69, 9.17) is 10.5 Å². The Hall–Kier alpha value is -1.97. The molecule has 0 spiro atoms. The lowest BCUT2D eigenvalue weighted by Gasteiger charge is -2.03. The third kappa shape index (κ3) is 2.18. The van der Waals surface area contributed by atoms with Gasteiger partial charge in [0, 0.05) is 19.0 Å². The van der Waals surface area contributed by atoms with Crippen LogP contribution in [-0.4, -0.2) is 16.7 Å². The van der Waals surface area contributed by atoms with Crippen molar-refractivity contribution in [3.8, 4) is 17.0 Å². The number of aromatic nitrogens is 2. The number of nitrogens with zero attached hydrogens (tertiary/aromatic N) is 2. The highest BCUT2D eigenvalue weighted by Gasteiger charge is 2.13. The van der Waals surface area contributed by atoms with E-state index in [1.54, 1.807) is 7.11 Å². The maximum absolute atomic E-state index is 6.12. The van der Waals surface area contributed by atoms with Crippen LogP contribution in [0.5, 0.6) is 5.75 Å². The number of imidazole rings is 1. The Morgan fingerprint density at radius 2 is 2.17 bits per heavy atom. The number of nitrogen functional groups attached to an aromatic ring is 1. The number of hydrogen-bond donors (Lipinski definition) is 1. The quantitative estimate of drug-likeness (QED) is 0.900. The van der Waals surface area contributed by atoms with Crippen LogP contribution in [0.4, 0.5) is 5.82 Å². The number of nitrogens with two attached hydrogens (primary N) is 1. The van der Waals surface area contributed by atoms with Gasteiger partial charge in [-0.2, -0.15) is 0 Å². The van der Waals surface area contributed by atoms with Gasteiger partial charge in [0.15, 0.2) is 0 Å². The number of ether oxygens (including phenoxy) is 1. The smallest absolute Gasteiger partial charge is 0.131 e. The van der Waals surface area contributed by atoms with E-state index in [9.17, 15) is 0 Å². The van der Waals surface area contributed by atoms with E-state index >= 15 is 0 Å². The molecule has 1 aromatic carbocycles. The predicted molar refractivity (Wildman–Crippen MR) is 73.6 cm³/mol. The largest absolute Gasteiger partial charge is 0.497 e. The number of rotatable bonds is 4. The number of hydrogen-bond acceptors (Lipinski definition) is 3. The van der Waals surface area contributed by atoms with Crippen molar-refractivity contribution in [3.63, 3.8) is 0 Å². The Morgan fingerprint density at radius 3 is 2.83 bits per heavy atom. The van der Waals surface area contributed by atoms with Crippen molar-refractivity contribution in [3.05, 3.63) is 30.1 Å². The van der Waals surface area contributed by atoms with Crippen molar-refractivity contribution in [2.24, 2.45) is 7.05 Å². The number of methoxy groups -OCH3 is 1. The lowest BCUT2D eigenvalue weighted by atomic mass is 10.1. The molecule has 0 bridgehead atoms. The fourth-order valence-corrected chi connectivity index (χ4v) is 1.99. The molecule has 4 heteroatoms. The van der Waals surface area contributed by atoms with Gasteiger partial charge in [0.1, 0.15) is 23.1 Å². The van der Waals surface area contributed by atoms with Crippen LogP contribution in [0.25, 0.3) is 11.3 Å². The van der Waals surface area contributed by atoms with Crippen LogP contribution in [0.1, 0.15) is 19.2 Å². The Morgan fingerprint density at radius 1 is 1.39 bits per heavy atom. The van der Waals surface area contributed by atoms with Crippen molar-refractivity contribution < 1.29 is 4.74 Å². The summed E-state index contributed by atoms with van der Waals surface area (Å²) in [5, 5.41) is 0. The van der Waals surface area contributed by atoms with Crippen LogP contribution in [-0.2, 0) is 13.5 Å². The molecule has 1 aromatic heterocycles. The second-order valence-electron chi connectivity index (χ2n) is 4.30. The maximum atomic E-state index is 6.12. The average molecular weight is 245 g/mol. The molecule has 0 saturated heterocycles. The van der Waals surface area contributed by atoms with Crippen molar-refractivity contribution in [2.45, 2.75) is 19.8 Å². The van der Waals surface area contributed by atoms with Gasteiger partial charge in [0.05, 0.1) is 7.11 Å². The molecular formula is C14H19N3O. The van der Waals surface area contributed by atoms with Gasteiger partial charge in [-0.15, -0.1) is 0 Å². The van der Waals surface area contributed by atoms with E-state index in [2.05, 4.69) is 11.9 Å². The van der Waals surface area contributed by atoms with Gasteiger partial charge >= 0.3 is 0 Å². The molecule has 0 aliphatic heterocycles. The Bertz CT molecular complexity index is 546. The van der Waals surface area contributed by atoms with E-state index in [1.165, 1.54) is 0 Å². The van der Waals surface area contributed by atoms with Gasteiger partial charge in [0.2, 0.25) is 0 Å². The first-order chi connectivity index (χ1) is 8.67. The molecule has 18 heavy (non-hydrogen) atoms. The summed E-state index contributed by atoms with van der Waals surface area (Å²) in [5.74, 6) is 2.54. The summed E-state index contributed by atoms with van der Waals surface area (Å²) in [4.78, 5) is 4.63. The van der Waals surface area contributed by atoms with Crippen LogP contribution >= 0.6 is 0 Å². The molecule has 2 N–H and O–H groups in total. The Kier molecular flexibility index (Phi) is 3.55. The SMILES string of the molecule is CCCc1nc(-c2cccc(OC)c2)c(N)n1C. The van der Waals surface area contributed by atoms with Crippen LogP contribution in [0.15, 0.2) is 24.3 Å². The molecule has 96 valence electrons. The minimum Gasteiger partial charge on any atom is -0.497 e. The van der Waals surface area contributed by atoms with E-state index in [0.717, 1.165) is 35.7 Å². The fourth-order valence-electron chi connectivity index (χ4n) is 1.99. The maximum Gasteiger partial charge on any atom is 0.131 e. The zero-order valence-corrected chi connectivity index (χ0v) is 11.1. The van der Waals surface area contributed by atoms with Gasteiger partial charge in [-0.25, -0.2) is 4.98 Å². The third-order valence-electron chi connectivity index (χ3n) is 3.05. The van der Waals surface area contributed by atoms with Crippen molar-refractivity contribution >= 4 is 5.82 Å². The van der Waals surface area contributed by atoms with Crippen molar-refractivity contribution in [1.82, 2.24) is 9.55 Å². The number of benzene rings is 1. The Labute approximate surface area is 107 Å².